The Kier molecular flexibility index (Phi) is 12.2. The van der Waals surface area contributed by atoms with E-state index in [2.05, 4.69) is 20.6 Å². The van der Waals surface area contributed by atoms with Gasteiger partial charge in [-0.25, -0.2) is 9.79 Å². The number of aromatic nitrogens is 1. The lowest BCUT2D eigenvalue weighted by Crippen LogP contribution is -2.54. The minimum Gasteiger partial charge on any atom is -0.434 e. The first kappa shape index (κ1) is 30.6. The zero-order valence-electron chi connectivity index (χ0n) is 21.0. The van der Waals surface area contributed by atoms with Crippen LogP contribution in [-0.4, -0.2) is 44.7 Å². The Morgan fingerprint density at radius 2 is 1.82 bits per heavy atom. The molecule has 0 bridgehead atoms. The molecule has 0 spiro atoms. The number of rotatable bonds is 10. The van der Waals surface area contributed by atoms with Crippen LogP contribution in [0, 0.1) is 0 Å². The van der Waals surface area contributed by atoms with Crippen LogP contribution in [-0.2, 0) is 14.3 Å². The van der Waals surface area contributed by atoms with E-state index >= 15 is 0 Å². The molecular weight excluding hydrogens is 583 g/mol. The number of benzene rings is 2. The molecule has 2 aromatic carbocycles. The van der Waals surface area contributed by atoms with Gasteiger partial charge < -0.3 is 20.1 Å². The number of aliphatic imine (C=N–C) groups is 1. The lowest BCUT2D eigenvalue weighted by atomic mass is 10.2. The number of hydrogen-bond donors (Lipinski definition) is 2. The number of carbonyl (C=O) groups excluding carboxylic acids is 2. The normalized spacial score (nSPS) is 12.8. The minimum atomic E-state index is -1.96. The third-order valence-electron chi connectivity index (χ3n) is 5.03. The first-order chi connectivity index (χ1) is 18.8. The Bertz CT molecular complexity index is 1300. The fourth-order valence-electron chi connectivity index (χ4n) is 3.12. The Hall–Kier alpha value is -2.98. The average Bonchev–Trinajstić information content (AvgIpc) is 2.92. The topological polar surface area (TPSA) is 102 Å². The Morgan fingerprint density at radius 1 is 1.05 bits per heavy atom. The summed E-state index contributed by atoms with van der Waals surface area (Å²) in [5.41, 5.74) is 1.99. The standard InChI is InChI=1S/C27H27Cl3N4O4S/c1-2-3-17-37-26(36)38-18-39-25(32-21-13-7-11-20-12-8-16-31-23(20)21)34-24(27(28,29)30)33-22(35)15-14-19-9-5-4-6-10-19/h4-16,24H,2-3,17-18H2,1H3,(H,32,34)(H,33,35)/b15-14+. The smallest absolute Gasteiger partial charge is 0.434 e. The molecule has 8 nitrogen and oxygen atoms in total. The molecule has 206 valence electrons. The van der Waals surface area contributed by atoms with E-state index in [4.69, 9.17) is 44.3 Å². The summed E-state index contributed by atoms with van der Waals surface area (Å²) in [5.74, 6) is -0.654. The molecular formula is C27H27Cl3N4O4S. The number of alkyl halides is 3. The van der Waals surface area contributed by atoms with Gasteiger partial charge in [0.05, 0.1) is 17.8 Å². The van der Waals surface area contributed by atoms with Crippen molar-refractivity contribution in [2.45, 2.75) is 29.7 Å². The summed E-state index contributed by atoms with van der Waals surface area (Å²) >= 11 is 19.6. The van der Waals surface area contributed by atoms with Gasteiger partial charge in [-0.2, -0.15) is 0 Å². The molecule has 0 saturated heterocycles. The van der Waals surface area contributed by atoms with Crippen molar-refractivity contribution in [1.29, 1.82) is 0 Å². The number of amides is 1. The molecule has 1 aromatic heterocycles. The maximum absolute atomic E-state index is 12.7. The van der Waals surface area contributed by atoms with Gasteiger partial charge in [0.2, 0.25) is 9.70 Å². The maximum Gasteiger partial charge on any atom is 0.509 e. The number of carbonyl (C=O) groups is 2. The van der Waals surface area contributed by atoms with Crippen LogP contribution >= 0.6 is 46.6 Å². The van der Waals surface area contributed by atoms with E-state index in [9.17, 15) is 9.59 Å². The summed E-state index contributed by atoms with van der Waals surface area (Å²) in [6.07, 6.45) is 4.23. The molecule has 0 aliphatic heterocycles. The zero-order chi connectivity index (χ0) is 28.1. The third-order valence-corrected chi connectivity index (χ3v) is 6.41. The fraction of sp³-hybridized carbons (Fsp3) is 0.259. The van der Waals surface area contributed by atoms with Gasteiger partial charge in [0, 0.05) is 17.7 Å². The van der Waals surface area contributed by atoms with E-state index in [1.165, 1.54) is 6.08 Å². The molecule has 0 aliphatic carbocycles. The second-order valence-electron chi connectivity index (χ2n) is 8.00. The molecule has 0 aliphatic rings. The number of unbranched alkanes of at least 4 members (excludes halogenated alkanes) is 1. The number of amidine groups is 1. The Labute approximate surface area is 246 Å². The van der Waals surface area contributed by atoms with Crippen LogP contribution in [0.25, 0.3) is 17.0 Å². The second-order valence-corrected chi connectivity index (χ2v) is 11.3. The van der Waals surface area contributed by atoms with Crippen LogP contribution in [0.15, 0.2) is 77.9 Å². The number of nitrogens with zero attached hydrogens (tertiary/aromatic N) is 2. The summed E-state index contributed by atoms with van der Waals surface area (Å²) in [4.78, 5) is 33.6. The van der Waals surface area contributed by atoms with Gasteiger partial charge in [-0.15, -0.1) is 0 Å². The number of para-hydroxylation sites is 1. The van der Waals surface area contributed by atoms with Gasteiger partial charge in [-0.1, -0.05) is 96.7 Å². The van der Waals surface area contributed by atoms with Crippen molar-refractivity contribution in [2.24, 2.45) is 4.99 Å². The van der Waals surface area contributed by atoms with Crippen molar-refractivity contribution in [3.05, 3.63) is 78.5 Å². The van der Waals surface area contributed by atoms with E-state index in [-0.39, 0.29) is 17.7 Å². The minimum absolute atomic E-state index is 0.149. The molecule has 12 heteroatoms. The lowest BCUT2D eigenvalue weighted by Gasteiger charge is -2.27. The molecule has 0 saturated carbocycles. The first-order valence-corrected chi connectivity index (χ1v) is 14.1. The third kappa shape index (κ3) is 10.6. The van der Waals surface area contributed by atoms with Crippen molar-refractivity contribution in [1.82, 2.24) is 15.6 Å². The molecule has 3 rings (SSSR count). The molecule has 0 radical (unpaired) electrons. The summed E-state index contributed by atoms with van der Waals surface area (Å²) in [6.45, 7) is 2.25. The monoisotopic (exact) mass is 608 g/mol. The lowest BCUT2D eigenvalue weighted by molar-refractivity contribution is -0.117. The van der Waals surface area contributed by atoms with E-state index in [0.29, 0.717) is 11.2 Å². The van der Waals surface area contributed by atoms with Crippen molar-refractivity contribution in [3.63, 3.8) is 0 Å². The largest absolute Gasteiger partial charge is 0.509 e. The van der Waals surface area contributed by atoms with Crippen LogP contribution in [0.1, 0.15) is 25.3 Å². The number of fused-ring (bicyclic) bond motifs is 1. The van der Waals surface area contributed by atoms with Gasteiger partial charge in [-0.3, -0.25) is 9.78 Å². The number of thioether (sulfide) groups is 1. The van der Waals surface area contributed by atoms with Crippen molar-refractivity contribution < 1.29 is 19.1 Å². The number of halogens is 3. The van der Waals surface area contributed by atoms with Gasteiger partial charge in [0.15, 0.2) is 5.17 Å². The number of hydrogen-bond acceptors (Lipinski definition) is 7. The van der Waals surface area contributed by atoms with E-state index in [1.807, 2.05) is 61.5 Å². The van der Waals surface area contributed by atoms with Gasteiger partial charge in [0.25, 0.3) is 0 Å². The number of nitrogens with one attached hydrogen (secondary N) is 2. The van der Waals surface area contributed by atoms with Crippen LogP contribution < -0.4 is 10.6 Å². The molecule has 3 aromatic rings. The van der Waals surface area contributed by atoms with E-state index < -0.39 is 22.0 Å². The highest BCUT2D eigenvalue weighted by Gasteiger charge is 2.34. The Morgan fingerprint density at radius 3 is 2.56 bits per heavy atom. The van der Waals surface area contributed by atoms with Gasteiger partial charge in [-0.05, 0) is 42.0 Å². The highest BCUT2D eigenvalue weighted by molar-refractivity contribution is 8.13. The Balaban J connectivity index is 1.80. The zero-order valence-corrected chi connectivity index (χ0v) is 24.1. The number of pyridine rings is 1. The quantitative estimate of drug-likeness (QED) is 0.0486. The summed E-state index contributed by atoms with van der Waals surface area (Å²) in [7, 11) is 0. The predicted molar refractivity (Wildman–Crippen MR) is 159 cm³/mol. The molecule has 1 amide bonds. The highest BCUT2D eigenvalue weighted by atomic mass is 35.6. The fourth-order valence-corrected chi connectivity index (χ4v) is 4.08. The van der Waals surface area contributed by atoms with Crippen molar-refractivity contribution in [3.8, 4) is 0 Å². The van der Waals surface area contributed by atoms with Crippen LogP contribution in [0.4, 0.5) is 10.5 Å². The van der Waals surface area contributed by atoms with E-state index in [1.54, 1.807) is 18.3 Å². The first-order valence-electron chi connectivity index (χ1n) is 12.0. The van der Waals surface area contributed by atoms with Crippen LogP contribution in [0.2, 0.25) is 0 Å². The van der Waals surface area contributed by atoms with Crippen LogP contribution in [0.3, 0.4) is 0 Å². The van der Waals surface area contributed by atoms with Gasteiger partial charge >= 0.3 is 6.16 Å². The maximum atomic E-state index is 12.7. The second kappa shape index (κ2) is 15.6. The number of ether oxygens (including phenoxy) is 2. The van der Waals surface area contributed by atoms with Crippen LogP contribution in [0.5, 0.6) is 0 Å². The average molecular weight is 610 g/mol. The highest BCUT2D eigenvalue weighted by Crippen LogP contribution is 2.30. The SMILES string of the molecule is CCCCOC(=O)OCS/C(=N/c1cccc2cccnc12)NC(NC(=O)/C=C/c1ccccc1)C(Cl)(Cl)Cl. The van der Waals surface area contributed by atoms with Gasteiger partial charge in [0.1, 0.15) is 12.1 Å². The molecule has 1 atom stereocenters. The molecule has 2 N–H and O–H groups in total. The van der Waals surface area contributed by atoms with Crippen molar-refractivity contribution >= 4 is 86.5 Å². The van der Waals surface area contributed by atoms with Crippen molar-refractivity contribution in [2.75, 3.05) is 12.5 Å². The summed E-state index contributed by atoms with van der Waals surface area (Å²) in [5, 5.41) is 6.67. The predicted octanol–water partition coefficient (Wildman–Crippen LogP) is 6.98. The summed E-state index contributed by atoms with van der Waals surface area (Å²) in [6, 6.07) is 18.5. The molecule has 39 heavy (non-hydrogen) atoms. The molecule has 1 unspecified atom stereocenters. The van der Waals surface area contributed by atoms with E-state index in [0.717, 1.165) is 35.6 Å². The molecule has 0 fully saturated rings. The molecule has 1 heterocycles. The summed E-state index contributed by atoms with van der Waals surface area (Å²) < 4.78 is 8.20.